The topological polar surface area (TPSA) is 89.7 Å². The third-order valence-electron chi connectivity index (χ3n) is 4.91. The van der Waals surface area contributed by atoms with Crippen molar-refractivity contribution in [2.75, 3.05) is 10.8 Å². The standard InChI is InChI=1S/C22H16N2O5S/c25-20(28-13-17-14-29-22(23-17)16-6-2-1-3-7-16)12-24-18-10-4-8-15-9-5-11-19(21(15)18)30(24,26)27/h1-11,14H,12-13H2. The SMILES string of the molecule is O=C(CN1c2cccc3cccc(c23)S1(=O)=O)OCc1coc(-c2ccccc2)n1. The number of rotatable bonds is 5. The summed E-state index contributed by atoms with van der Waals surface area (Å²) in [5.74, 6) is -0.251. The van der Waals surface area contributed by atoms with Gasteiger partial charge >= 0.3 is 5.97 Å². The Labute approximate surface area is 172 Å². The molecule has 30 heavy (non-hydrogen) atoms. The van der Waals surface area contributed by atoms with Crippen LogP contribution in [0.4, 0.5) is 5.69 Å². The van der Waals surface area contributed by atoms with Crippen molar-refractivity contribution in [2.24, 2.45) is 0 Å². The second kappa shape index (κ2) is 7.00. The van der Waals surface area contributed by atoms with Crippen molar-refractivity contribution in [3.8, 4) is 11.5 Å². The third kappa shape index (κ3) is 3.02. The number of hydrogen-bond acceptors (Lipinski definition) is 6. The second-order valence-electron chi connectivity index (χ2n) is 6.81. The smallest absolute Gasteiger partial charge is 0.327 e. The van der Waals surface area contributed by atoms with Crippen LogP contribution in [-0.4, -0.2) is 25.9 Å². The fourth-order valence-corrected chi connectivity index (χ4v) is 5.19. The van der Waals surface area contributed by atoms with E-state index < -0.39 is 22.5 Å². The van der Waals surface area contributed by atoms with Crippen molar-refractivity contribution in [3.63, 3.8) is 0 Å². The van der Waals surface area contributed by atoms with Crippen molar-refractivity contribution in [2.45, 2.75) is 11.5 Å². The average molecular weight is 420 g/mol. The van der Waals surface area contributed by atoms with Crippen LogP contribution in [0.25, 0.3) is 22.2 Å². The van der Waals surface area contributed by atoms with Crippen molar-refractivity contribution < 1.29 is 22.4 Å². The van der Waals surface area contributed by atoms with Crippen LogP contribution >= 0.6 is 0 Å². The predicted molar refractivity (Wildman–Crippen MR) is 110 cm³/mol. The molecule has 0 saturated heterocycles. The first kappa shape index (κ1) is 18.4. The number of ether oxygens (including phenoxy) is 1. The lowest BCUT2D eigenvalue weighted by atomic mass is 10.1. The highest BCUT2D eigenvalue weighted by atomic mass is 32.2. The largest absolute Gasteiger partial charge is 0.458 e. The number of sulfonamides is 1. The van der Waals surface area contributed by atoms with Gasteiger partial charge in [0.15, 0.2) is 0 Å². The van der Waals surface area contributed by atoms with E-state index in [-0.39, 0.29) is 11.5 Å². The van der Waals surface area contributed by atoms with Crippen molar-refractivity contribution in [3.05, 3.63) is 78.7 Å². The van der Waals surface area contributed by atoms with Gasteiger partial charge in [-0.15, -0.1) is 0 Å². The second-order valence-corrected chi connectivity index (χ2v) is 8.64. The molecule has 0 atom stereocenters. The lowest BCUT2D eigenvalue weighted by Crippen LogP contribution is -2.33. The fraction of sp³-hybridized carbons (Fsp3) is 0.0909. The zero-order chi connectivity index (χ0) is 20.7. The van der Waals surface area contributed by atoms with Crippen LogP contribution in [0.1, 0.15) is 5.69 Å². The summed E-state index contributed by atoms with van der Waals surface area (Å²) < 4.78 is 37.6. The molecule has 0 spiro atoms. The first-order valence-corrected chi connectivity index (χ1v) is 10.7. The van der Waals surface area contributed by atoms with Gasteiger partial charge in [-0.25, -0.2) is 13.4 Å². The molecular formula is C22H16N2O5S. The van der Waals surface area contributed by atoms with E-state index in [0.29, 0.717) is 22.7 Å². The summed E-state index contributed by atoms with van der Waals surface area (Å²) in [4.78, 5) is 16.9. The number of anilines is 1. The molecule has 8 heteroatoms. The van der Waals surface area contributed by atoms with Crippen LogP contribution in [0.3, 0.4) is 0 Å². The van der Waals surface area contributed by atoms with Gasteiger partial charge in [0.25, 0.3) is 10.0 Å². The number of benzene rings is 3. The monoisotopic (exact) mass is 420 g/mol. The van der Waals surface area contributed by atoms with E-state index in [2.05, 4.69) is 4.98 Å². The summed E-state index contributed by atoms with van der Waals surface area (Å²) in [6.07, 6.45) is 1.42. The Balaban J connectivity index is 1.31. The lowest BCUT2D eigenvalue weighted by Gasteiger charge is -2.17. The molecule has 2 heterocycles. The van der Waals surface area contributed by atoms with E-state index in [1.165, 1.54) is 6.26 Å². The van der Waals surface area contributed by atoms with Gasteiger partial charge in [0, 0.05) is 10.9 Å². The van der Waals surface area contributed by atoms with E-state index >= 15 is 0 Å². The Morgan fingerprint density at radius 3 is 2.57 bits per heavy atom. The normalized spacial score (nSPS) is 14.2. The number of carbonyl (C=O) groups is 1. The van der Waals surface area contributed by atoms with Crippen LogP contribution in [-0.2, 0) is 26.2 Å². The van der Waals surface area contributed by atoms with E-state index in [9.17, 15) is 13.2 Å². The minimum atomic E-state index is -3.81. The summed E-state index contributed by atoms with van der Waals surface area (Å²) in [5, 5.41) is 1.43. The highest BCUT2D eigenvalue weighted by Gasteiger charge is 2.36. The van der Waals surface area contributed by atoms with Gasteiger partial charge in [-0.05, 0) is 29.7 Å². The summed E-state index contributed by atoms with van der Waals surface area (Å²) in [7, 11) is -3.81. The maximum atomic E-state index is 12.9. The van der Waals surface area contributed by atoms with Crippen LogP contribution in [0.2, 0.25) is 0 Å². The van der Waals surface area contributed by atoms with Crippen LogP contribution in [0, 0.1) is 0 Å². The Bertz CT molecular complexity index is 1360. The Morgan fingerprint density at radius 2 is 1.77 bits per heavy atom. The molecule has 0 radical (unpaired) electrons. The maximum absolute atomic E-state index is 12.9. The third-order valence-corrected chi connectivity index (χ3v) is 6.71. The van der Waals surface area contributed by atoms with Crippen LogP contribution < -0.4 is 4.31 Å². The van der Waals surface area contributed by atoms with E-state index in [1.807, 2.05) is 42.5 Å². The molecule has 1 aliphatic rings. The maximum Gasteiger partial charge on any atom is 0.327 e. The first-order valence-electron chi connectivity index (χ1n) is 9.24. The molecule has 7 nitrogen and oxygen atoms in total. The van der Waals surface area contributed by atoms with Gasteiger partial charge in [0.2, 0.25) is 5.89 Å². The zero-order valence-corrected chi connectivity index (χ0v) is 16.5. The molecule has 1 aromatic heterocycles. The van der Waals surface area contributed by atoms with E-state index in [0.717, 1.165) is 15.3 Å². The highest BCUT2D eigenvalue weighted by molar-refractivity contribution is 7.93. The summed E-state index contributed by atoms with van der Waals surface area (Å²) >= 11 is 0. The highest BCUT2D eigenvalue weighted by Crippen LogP contribution is 2.41. The first-order chi connectivity index (χ1) is 14.5. The Kier molecular flexibility index (Phi) is 4.29. The lowest BCUT2D eigenvalue weighted by molar-refractivity contribution is -0.143. The number of aromatic nitrogens is 1. The quantitative estimate of drug-likeness (QED) is 0.457. The van der Waals surface area contributed by atoms with Crippen molar-refractivity contribution in [1.82, 2.24) is 4.98 Å². The van der Waals surface area contributed by atoms with Gasteiger partial charge in [0.05, 0.1) is 10.6 Å². The summed E-state index contributed by atoms with van der Waals surface area (Å²) in [6, 6.07) is 19.7. The van der Waals surface area contributed by atoms with E-state index in [4.69, 9.17) is 9.15 Å². The number of carbonyl (C=O) groups excluding carboxylic acids is 1. The number of hydrogen-bond donors (Lipinski definition) is 0. The van der Waals surface area contributed by atoms with Gasteiger partial charge in [-0.1, -0.05) is 42.5 Å². The molecule has 3 aromatic carbocycles. The molecule has 150 valence electrons. The van der Waals surface area contributed by atoms with Gasteiger partial charge < -0.3 is 9.15 Å². The zero-order valence-electron chi connectivity index (χ0n) is 15.7. The molecule has 0 N–H and O–H groups in total. The molecule has 0 amide bonds. The molecule has 0 fully saturated rings. The molecule has 5 rings (SSSR count). The van der Waals surface area contributed by atoms with Crippen molar-refractivity contribution in [1.29, 1.82) is 0 Å². The Hall–Kier alpha value is -3.65. The van der Waals surface area contributed by atoms with Gasteiger partial charge in [-0.3, -0.25) is 9.10 Å². The molecule has 0 bridgehead atoms. The molecule has 0 aliphatic carbocycles. The van der Waals surface area contributed by atoms with Crippen LogP contribution in [0.15, 0.2) is 82.3 Å². The number of oxazole rings is 1. The minimum absolute atomic E-state index is 0.111. The number of esters is 1. The van der Waals surface area contributed by atoms with Crippen LogP contribution in [0.5, 0.6) is 0 Å². The molecule has 0 unspecified atom stereocenters. The molecule has 4 aromatic rings. The molecular weight excluding hydrogens is 404 g/mol. The van der Waals surface area contributed by atoms with E-state index in [1.54, 1.807) is 24.3 Å². The predicted octanol–water partition coefficient (Wildman–Crippen LogP) is 3.75. The van der Waals surface area contributed by atoms with Gasteiger partial charge in [0.1, 0.15) is 25.1 Å². The average Bonchev–Trinajstić information content (AvgIpc) is 3.32. The molecule has 0 saturated carbocycles. The summed E-state index contributed by atoms with van der Waals surface area (Å²) in [5.41, 5.74) is 1.73. The van der Waals surface area contributed by atoms with Gasteiger partial charge in [-0.2, -0.15) is 0 Å². The summed E-state index contributed by atoms with van der Waals surface area (Å²) in [6.45, 7) is -0.528. The minimum Gasteiger partial charge on any atom is -0.458 e. The van der Waals surface area contributed by atoms with Crippen molar-refractivity contribution >= 4 is 32.5 Å². The number of nitrogens with zero attached hydrogens (tertiary/aromatic N) is 2. The Morgan fingerprint density at radius 1 is 1.00 bits per heavy atom. The fourth-order valence-electron chi connectivity index (χ4n) is 3.53. The molecule has 1 aliphatic heterocycles.